The van der Waals surface area contributed by atoms with E-state index in [-0.39, 0.29) is 11.7 Å². The van der Waals surface area contributed by atoms with Gasteiger partial charge in [-0.15, -0.1) is 0 Å². The summed E-state index contributed by atoms with van der Waals surface area (Å²) < 4.78 is 16.7. The highest BCUT2D eigenvalue weighted by Gasteiger charge is 2.45. The van der Waals surface area contributed by atoms with Crippen LogP contribution >= 0.6 is 0 Å². The van der Waals surface area contributed by atoms with Crippen molar-refractivity contribution in [2.24, 2.45) is 0 Å². The van der Waals surface area contributed by atoms with Crippen molar-refractivity contribution >= 4 is 11.6 Å². The second kappa shape index (κ2) is 6.83. The van der Waals surface area contributed by atoms with Crippen molar-refractivity contribution in [3.63, 3.8) is 0 Å². The van der Waals surface area contributed by atoms with Gasteiger partial charge in [0.25, 0.3) is 0 Å². The molecule has 2 saturated carbocycles. The van der Waals surface area contributed by atoms with Crippen LogP contribution in [-0.4, -0.2) is 15.7 Å². The molecule has 0 spiro atoms. The lowest BCUT2D eigenvalue weighted by molar-refractivity contribution is -0.124. The van der Waals surface area contributed by atoms with E-state index in [1.54, 1.807) is 16.8 Å². The Morgan fingerprint density at radius 3 is 2.52 bits per heavy atom. The molecule has 5 rings (SSSR count). The molecule has 5 heteroatoms. The van der Waals surface area contributed by atoms with E-state index in [0.29, 0.717) is 17.3 Å². The minimum absolute atomic E-state index is 0.0595. The van der Waals surface area contributed by atoms with Crippen LogP contribution in [0, 0.1) is 12.7 Å². The average Bonchev–Trinajstić information content (AvgIpc) is 3.44. The Morgan fingerprint density at radius 1 is 1.14 bits per heavy atom. The second-order valence-electron chi connectivity index (χ2n) is 8.32. The summed E-state index contributed by atoms with van der Waals surface area (Å²) >= 11 is 0. The van der Waals surface area contributed by atoms with Gasteiger partial charge in [0.1, 0.15) is 5.69 Å². The molecule has 1 aromatic heterocycles. The Bertz CT molecular complexity index is 1060. The summed E-state index contributed by atoms with van der Waals surface area (Å²) in [6.45, 7) is 1.93. The van der Waals surface area contributed by atoms with E-state index in [1.807, 2.05) is 43.3 Å². The van der Waals surface area contributed by atoms with Crippen molar-refractivity contribution in [2.75, 3.05) is 5.32 Å². The molecule has 2 aliphatic rings. The molecule has 0 saturated heterocycles. The third-order valence-electron chi connectivity index (χ3n) is 6.26. The van der Waals surface area contributed by atoms with Gasteiger partial charge in [0.05, 0.1) is 11.1 Å². The van der Waals surface area contributed by atoms with Gasteiger partial charge in [-0.25, -0.2) is 9.07 Å². The number of hydrogen-bond donors (Lipinski definition) is 1. The van der Waals surface area contributed by atoms with Crippen LogP contribution in [0.4, 0.5) is 10.1 Å². The predicted molar refractivity (Wildman–Crippen MR) is 111 cm³/mol. The first-order chi connectivity index (χ1) is 14.1. The van der Waals surface area contributed by atoms with Crippen LogP contribution in [0.5, 0.6) is 0 Å². The molecular weight excluding hydrogens is 365 g/mol. The fourth-order valence-electron chi connectivity index (χ4n) is 4.32. The van der Waals surface area contributed by atoms with Crippen LogP contribution in [0.3, 0.4) is 0 Å². The van der Waals surface area contributed by atoms with E-state index < -0.39 is 5.41 Å². The number of amides is 1. The van der Waals surface area contributed by atoms with Gasteiger partial charge in [-0.3, -0.25) is 4.79 Å². The quantitative estimate of drug-likeness (QED) is 0.647. The molecule has 2 aromatic carbocycles. The summed E-state index contributed by atoms with van der Waals surface area (Å²) in [5.74, 6) is 0.0326. The molecule has 0 radical (unpaired) electrons. The highest BCUT2D eigenvalue weighted by Crippen LogP contribution is 2.45. The molecule has 0 atom stereocenters. The predicted octanol–water partition coefficient (Wildman–Crippen LogP) is 5.26. The number of carbonyl (C=O) groups is 1. The van der Waals surface area contributed by atoms with Gasteiger partial charge in [0.15, 0.2) is 5.82 Å². The highest BCUT2D eigenvalue weighted by molar-refractivity contribution is 6.00. The lowest BCUT2D eigenvalue weighted by atomic mass is 9.64. The minimum Gasteiger partial charge on any atom is -0.325 e. The van der Waals surface area contributed by atoms with Gasteiger partial charge in [-0.05, 0) is 62.4 Å². The van der Waals surface area contributed by atoms with Gasteiger partial charge < -0.3 is 5.32 Å². The first-order valence-corrected chi connectivity index (χ1v) is 10.3. The molecule has 148 valence electrons. The van der Waals surface area contributed by atoms with Crippen molar-refractivity contribution in [2.45, 2.75) is 50.4 Å². The van der Waals surface area contributed by atoms with Gasteiger partial charge in [-0.2, -0.15) is 5.10 Å². The van der Waals surface area contributed by atoms with E-state index in [9.17, 15) is 9.18 Å². The maximum Gasteiger partial charge on any atom is 0.235 e. The van der Waals surface area contributed by atoms with Crippen LogP contribution in [0.2, 0.25) is 0 Å². The number of nitrogens with one attached hydrogen (secondary N) is 1. The van der Waals surface area contributed by atoms with Gasteiger partial charge in [-0.1, -0.05) is 36.8 Å². The van der Waals surface area contributed by atoms with Gasteiger partial charge in [0.2, 0.25) is 5.91 Å². The van der Waals surface area contributed by atoms with E-state index in [4.69, 9.17) is 0 Å². The van der Waals surface area contributed by atoms with Crippen LogP contribution in [0.25, 0.3) is 5.69 Å². The SMILES string of the molecule is Cc1cc(C2CC2)n(-c2ccc(NC(=O)C3(c4ccccc4)CCC3)cc2F)n1. The molecular formula is C24H24FN3O. The highest BCUT2D eigenvalue weighted by atomic mass is 19.1. The summed E-state index contributed by atoms with van der Waals surface area (Å²) in [5.41, 5.74) is 3.39. The van der Waals surface area contributed by atoms with Gasteiger partial charge in [0, 0.05) is 17.3 Å². The first kappa shape index (κ1) is 18.1. The Hall–Kier alpha value is -2.95. The molecule has 1 amide bonds. The summed E-state index contributed by atoms with van der Waals surface area (Å²) in [4.78, 5) is 13.1. The number of aromatic nitrogens is 2. The molecule has 2 fully saturated rings. The summed E-state index contributed by atoms with van der Waals surface area (Å²) in [5, 5.41) is 7.43. The van der Waals surface area contributed by atoms with Crippen molar-refractivity contribution in [1.29, 1.82) is 0 Å². The molecule has 1 heterocycles. The van der Waals surface area contributed by atoms with Crippen LogP contribution in [0.15, 0.2) is 54.6 Å². The van der Waals surface area contributed by atoms with Gasteiger partial charge >= 0.3 is 0 Å². The molecule has 4 nitrogen and oxygen atoms in total. The van der Waals surface area contributed by atoms with Crippen molar-refractivity contribution < 1.29 is 9.18 Å². The zero-order valence-electron chi connectivity index (χ0n) is 16.5. The molecule has 0 unspecified atom stereocenters. The largest absolute Gasteiger partial charge is 0.325 e. The van der Waals surface area contributed by atoms with Crippen LogP contribution in [0.1, 0.15) is 55.0 Å². The van der Waals surface area contributed by atoms with E-state index in [2.05, 4.69) is 10.4 Å². The second-order valence-corrected chi connectivity index (χ2v) is 8.32. The number of hydrogen-bond acceptors (Lipinski definition) is 2. The Labute approximate surface area is 169 Å². The minimum atomic E-state index is -0.505. The number of benzene rings is 2. The summed E-state index contributed by atoms with van der Waals surface area (Å²) in [7, 11) is 0. The number of anilines is 1. The first-order valence-electron chi connectivity index (χ1n) is 10.3. The number of aryl methyl sites for hydroxylation is 1. The number of rotatable bonds is 5. The third-order valence-corrected chi connectivity index (χ3v) is 6.26. The average molecular weight is 389 g/mol. The lowest BCUT2D eigenvalue weighted by Crippen LogP contribution is -2.46. The molecule has 1 N–H and O–H groups in total. The molecule has 0 bridgehead atoms. The standard InChI is InChI=1S/C24H24FN3O/c1-16-14-22(17-8-9-17)28(27-16)21-11-10-19(15-20(21)25)26-23(29)24(12-5-13-24)18-6-3-2-4-7-18/h2-4,6-7,10-11,14-15,17H,5,8-9,12-13H2,1H3,(H,26,29). The fraction of sp³-hybridized carbons (Fsp3) is 0.333. The summed E-state index contributed by atoms with van der Waals surface area (Å²) in [6.07, 6.45) is 4.92. The normalized spacial score (nSPS) is 17.6. The van der Waals surface area contributed by atoms with E-state index in [0.717, 1.165) is 49.1 Å². The molecule has 29 heavy (non-hydrogen) atoms. The molecule has 2 aliphatic carbocycles. The molecule has 3 aromatic rings. The number of nitrogens with zero attached hydrogens (tertiary/aromatic N) is 2. The summed E-state index contributed by atoms with van der Waals surface area (Å²) in [6, 6.07) is 16.8. The van der Waals surface area contributed by atoms with Crippen molar-refractivity contribution in [3.8, 4) is 5.69 Å². The zero-order valence-corrected chi connectivity index (χ0v) is 16.5. The Kier molecular flexibility index (Phi) is 4.26. The number of carbonyl (C=O) groups excluding carboxylic acids is 1. The Balaban J connectivity index is 1.41. The maximum absolute atomic E-state index is 15.0. The van der Waals surface area contributed by atoms with Crippen LogP contribution < -0.4 is 5.32 Å². The topological polar surface area (TPSA) is 46.9 Å². The smallest absolute Gasteiger partial charge is 0.235 e. The van der Waals surface area contributed by atoms with Crippen molar-refractivity contribution in [3.05, 3.63) is 77.4 Å². The Morgan fingerprint density at radius 2 is 1.90 bits per heavy atom. The van der Waals surface area contributed by atoms with Crippen LogP contribution in [-0.2, 0) is 10.2 Å². The van der Waals surface area contributed by atoms with E-state index in [1.165, 1.54) is 6.07 Å². The lowest BCUT2D eigenvalue weighted by Gasteiger charge is -2.40. The molecule has 0 aliphatic heterocycles. The monoisotopic (exact) mass is 389 g/mol. The number of halogens is 1. The fourth-order valence-corrected chi connectivity index (χ4v) is 4.32. The zero-order chi connectivity index (χ0) is 20.0. The third kappa shape index (κ3) is 3.15. The maximum atomic E-state index is 15.0. The van der Waals surface area contributed by atoms with Crippen molar-refractivity contribution in [1.82, 2.24) is 9.78 Å². The van der Waals surface area contributed by atoms with E-state index >= 15 is 0 Å².